The van der Waals surface area contributed by atoms with Gasteiger partial charge >= 0.3 is 5.97 Å². The number of phenols is 1. The molecule has 0 amide bonds. The monoisotopic (exact) mass is 689 g/mol. The molecule has 6 aromatic rings. The van der Waals surface area contributed by atoms with Gasteiger partial charge in [-0.1, -0.05) is 70.8 Å². The normalized spacial score (nSPS) is 12.5. The van der Waals surface area contributed by atoms with Gasteiger partial charge in [0.15, 0.2) is 0 Å². The molecule has 0 bridgehead atoms. The Morgan fingerprint density at radius 1 is 0.920 bits per heavy atom. The lowest BCUT2D eigenvalue weighted by molar-refractivity contribution is 0.0594. The van der Waals surface area contributed by atoms with Crippen LogP contribution in [0.1, 0.15) is 73.4 Å². The number of rotatable bonds is 11. The van der Waals surface area contributed by atoms with Gasteiger partial charge in [0.1, 0.15) is 23.0 Å². The Kier molecular flexibility index (Phi) is 9.67. The van der Waals surface area contributed by atoms with Crippen LogP contribution in [-0.4, -0.2) is 46.0 Å². The van der Waals surface area contributed by atoms with Crippen molar-refractivity contribution in [2.75, 3.05) is 30.0 Å². The minimum absolute atomic E-state index is 0.174. The molecule has 3 aromatic heterocycles. The van der Waals surface area contributed by atoms with Crippen LogP contribution in [-0.2, 0) is 15.6 Å². The smallest absolute Gasteiger partial charge is 0.356 e. The van der Waals surface area contributed by atoms with E-state index in [1.807, 2.05) is 54.6 Å². The number of nitrogens with one attached hydrogen (secondary N) is 3. The number of phenolic OH excluding ortho intramolecular Hbond substituents is 1. The summed E-state index contributed by atoms with van der Waals surface area (Å²) in [5, 5.41) is 17.6. The standard InChI is InChI=1S/C40H43N5O4S/c1-39(2,3)25-18-30(36(44-35-10-8-9-17-41-35)24-11-14-27(48-6)15-12-24)37(46)31(19-25)40(4,5)23-50-45-26-13-16-32-28(20-26)29-21-33(38(47)49-7)42-22-34(29)43-32/h8-22,36,43,45-46H,23H2,1-7H3,(H,41,44). The Balaban J connectivity index is 1.32. The highest BCUT2D eigenvalue weighted by atomic mass is 32.2. The number of pyridine rings is 2. The number of hydrogen-bond donors (Lipinski definition) is 4. The molecule has 6 rings (SSSR count). The van der Waals surface area contributed by atoms with E-state index in [0.29, 0.717) is 11.6 Å². The molecule has 0 saturated heterocycles. The van der Waals surface area contributed by atoms with Crippen molar-refractivity contribution in [2.24, 2.45) is 0 Å². The number of fused-ring (bicyclic) bond motifs is 3. The summed E-state index contributed by atoms with van der Waals surface area (Å²) in [5.74, 6) is 1.91. The summed E-state index contributed by atoms with van der Waals surface area (Å²) in [6, 6.07) is 25.4. The summed E-state index contributed by atoms with van der Waals surface area (Å²) >= 11 is 1.58. The van der Waals surface area contributed by atoms with Gasteiger partial charge in [0.05, 0.1) is 32.0 Å². The first-order valence-electron chi connectivity index (χ1n) is 16.4. The third-order valence-corrected chi connectivity index (χ3v) is 10.2. The number of ether oxygens (including phenoxy) is 2. The maximum absolute atomic E-state index is 12.2. The number of carbonyl (C=O) groups is 1. The topological polar surface area (TPSA) is 121 Å². The number of anilines is 2. The number of methoxy groups -OCH3 is 2. The lowest BCUT2D eigenvalue weighted by Crippen LogP contribution is -2.25. The van der Waals surface area contributed by atoms with E-state index in [0.717, 1.165) is 55.5 Å². The molecule has 3 aromatic carbocycles. The number of aromatic nitrogens is 3. The summed E-state index contributed by atoms with van der Waals surface area (Å²) in [7, 11) is 3.00. The Bertz CT molecular complexity index is 2140. The molecule has 50 heavy (non-hydrogen) atoms. The number of aromatic amines is 1. The minimum atomic E-state index is -0.474. The number of aromatic hydroxyl groups is 1. The largest absolute Gasteiger partial charge is 0.507 e. The fourth-order valence-corrected chi connectivity index (χ4v) is 6.90. The van der Waals surface area contributed by atoms with Gasteiger partial charge in [-0.05, 0) is 71.1 Å². The molecule has 9 nitrogen and oxygen atoms in total. The van der Waals surface area contributed by atoms with Crippen LogP contribution in [0.15, 0.2) is 91.3 Å². The molecular weight excluding hydrogens is 647 g/mol. The lowest BCUT2D eigenvalue weighted by atomic mass is 9.77. The van der Waals surface area contributed by atoms with Gasteiger partial charge in [0.2, 0.25) is 0 Å². The van der Waals surface area contributed by atoms with Gasteiger partial charge in [-0.15, -0.1) is 0 Å². The van der Waals surface area contributed by atoms with E-state index in [1.165, 1.54) is 7.11 Å². The van der Waals surface area contributed by atoms with E-state index in [2.05, 4.69) is 77.8 Å². The van der Waals surface area contributed by atoms with Crippen molar-refractivity contribution in [3.05, 3.63) is 119 Å². The molecule has 258 valence electrons. The quantitative estimate of drug-likeness (QED) is 0.0779. The number of benzene rings is 3. The van der Waals surface area contributed by atoms with Crippen LogP contribution in [0.5, 0.6) is 11.5 Å². The number of nitrogens with zero attached hydrogens (tertiary/aromatic N) is 2. The molecule has 3 heterocycles. The zero-order valence-corrected chi connectivity index (χ0v) is 30.2. The Labute approximate surface area is 297 Å². The van der Waals surface area contributed by atoms with Crippen LogP contribution >= 0.6 is 11.9 Å². The summed E-state index contributed by atoms with van der Waals surface area (Å²) in [5.41, 5.74) is 6.10. The summed E-state index contributed by atoms with van der Waals surface area (Å²) in [4.78, 5) is 24.3. The van der Waals surface area contributed by atoms with Crippen molar-refractivity contribution in [1.82, 2.24) is 15.0 Å². The molecule has 10 heteroatoms. The summed E-state index contributed by atoms with van der Waals surface area (Å²) in [6.07, 6.45) is 3.41. The fraction of sp³-hybridized carbons (Fsp3) is 0.275. The van der Waals surface area contributed by atoms with E-state index in [-0.39, 0.29) is 22.9 Å². The zero-order chi connectivity index (χ0) is 35.6. The SMILES string of the molecule is COC(=O)c1cc2c(cn1)[nH]c1ccc(NSCC(C)(C)c3cc(C(C)(C)C)cc(C(Nc4ccccn4)c4ccc(OC)cc4)c3O)cc12. The summed E-state index contributed by atoms with van der Waals surface area (Å²) < 4.78 is 13.8. The third-order valence-electron chi connectivity index (χ3n) is 8.95. The van der Waals surface area contributed by atoms with Crippen LogP contribution in [0.25, 0.3) is 21.8 Å². The predicted octanol–water partition coefficient (Wildman–Crippen LogP) is 9.15. The molecular formula is C40H43N5O4S. The molecule has 0 spiro atoms. The van der Waals surface area contributed by atoms with E-state index >= 15 is 0 Å². The molecule has 0 aliphatic heterocycles. The maximum atomic E-state index is 12.2. The molecule has 0 radical (unpaired) electrons. The number of esters is 1. The van der Waals surface area contributed by atoms with Gasteiger partial charge in [-0.3, -0.25) is 0 Å². The van der Waals surface area contributed by atoms with E-state index in [1.54, 1.807) is 37.5 Å². The second kappa shape index (κ2) is 14.0. The lowest BCUT2D eigenvalue weighted by Gasteiger charge is -2.32. The van der Waals surface area contributed by atoms with Gasteiger partial charge in [0.25, 0.3) is 0 Å². The van der Waals surface area contributed by atoms with Gasteiger partial charge in [-0.25, -0.2) is 14.8 Å². The van der Waals surface area contributed by atoms with Gasteiger partial charge < -0.3 is 29.6 Å². The maximum Gasteiger partial charge on any atom is 0.356 e. The number of carbonyl (C=O) groups excluding carboxylic acids is 1. The first-order chi connectivity index (χ1) is 23.9. The number of hydrogen-bond acceptors (Lipinski definition) is 9. The van der Waals surface area contributed by atoms with Crippen molar-refractivity contribution in [2.45, 2.75) is 51.5 Å². The zero-order valence-electron chi connectivity index (χ0n) is 29.4. The fourth-order valence-electron chi connectivity index (χ4n) is 6.02. The van der Waals surface area contributed by atoms with Crippen molar-refractivity contribution >= 4 is 51.2 Å². The van der Waals surface area contributed by atoms with Crippen LogP contribution in [0.3, 0.4) is 0 Å². The minimum Gasteiger partial charge on any atom is -0.507 e. The van der Waals surface area contributed by atoms with Crippen molar-refractivity contribution in [1.29, 1.82) is 0 Å². The first kappa shape index (κ1) is 34.6. The van der Waals surface area contributed by atoms with E-state index in [4.69, 9.17) is 9.47 Å². The van der Waals surface area contributed by atoms with Crippen LogP contribution in [0, 0.1) is 0 Å². The Morgan fingerprint density at radius 3 is 2.36 bits per heavy atom. The van der Waals surface area contributed by atoms with Crippen molar-refractivity contribution < 1.29 is 19.4 Å². The highest BCUT2D eigenvalue weighted by molar-refractivity contribution is 8.00. The molecule has 1 unspecified atom stereocenters. The van der Waals surface area contributed by atoms with Gasteiger partial charge in [0, 0.05) is 50.5 Å². The average molecular weight is 690 g/mol. The first-order valence-corrected chi connectivity index (χ1v) is 17.4. The van der Waals surface area contributed by atoms with E-state index in [9.17, 15) is 9.90 Å². The van der Waals surface area contributed by atoms with Crippen molar-refractivity contribution in [3.8, 4) is 11.5 Å². The van der Waals surface area contributed by atoms with Crippen molar-refractivity contribution in [3.63, 3.8) is 0 Å². The van der Waals surface area contributed by atoms with Crippen LogP contribution in [0.2, 0.25) is 0 Å². The highest BCUT2D eigenvalue weighted by Crippen LogP contribution is 2.44. The second-order valence-electron chi connectivity index (χ2n) is 14.0. The molecule has 0 aliphatic rings. The van der Waals surface area contributed by atoms with Gasteiger partial charge in [-0.2, -0.15) is 0 Å². The average Bonchev–Trinajstić information content (AvgIpc) is 3.47. The Morgan fingerprint density at radius 2 is 1.68 bits per heavy atom. The molecule has 0 aliphatic carbocycles. The highest BCUT2D eigenvalue weighted by Gasteiger charge is 2.31. The third kappa shape index (κ3) is 7.21. The Hall–Kier alpha value is -5.22. The summed E-state index contributed by atoms with van der Waals surface area (Å²) in [6.45, 7) is 10.9. The molecule has 0 saturated carbocycles. The predicted molar refractivity (Wildman–Crippen MR) is 204 cm³/mol. The molecule has 1 atom stereocenters. The number of H-pyrrole nitrogens is 1. The molecule has 0 fully saturated rings. The van der Waals surface area contributed by atoms with Crippen LogP contribution < -0.4 is 14.8 Å². The van der Waals surface area contributed by atoms with E-state index < -0.39 is 11.4 Å². The molecule has 4 N–H and O–H groups in total. The van der Waals surface area contributed by atoms with Crippen LogP contribution in [0.4, 0.5) is 11.5 Å². The second-order valence-corrected chi connectivity index (χ2v) is 14.8.